The van der Waals surface area contributed by atoms with Crippen LogP contribution in [0.4, 0.5) is 5.69 Å². The van der Waals surface area contributed by atoms with Crippen molar-refractivity contribution in [2.45, 2.75) is 6.92 Å². The van der Waals surface area contributed by atoms with Crippen LogP contribution in [0.25, 0.3) is 22.7 Å². The molecule has 0 saturated carbocycles. The number of hydrogen-bond acceptors (Lipinski definition) is 4. The summed E-state index contributed by atoms with van der Waals surface area (Å²) < 4.78 is 5.79. The zero-order valence-electron chi connectivity index (χ0n) is 13.9. The summed E-state index contributed by atoms with van der Waals surface area (Å²) in [7, 11) is 0. The van der Waals surface area contributed by atoms with Crippen molar-refractivity contribution in [1.82, 2.24) is 9.97 Å². The second-order valence-electron chi connectivity index (χ2n) is 5.76. The topological polar surface area (TPSA) is 68.0 Å². The van der Waals surface area contributed by atoms with Gasteiger partial charge in [-0.3, -0.25) is 4.79 Å². The van der Waals surface area contributed by atoms with Gasteiger partial charge in [-0.2, -0.15) is 4.98 Å². The number of anilines is 1. The third-order valence-corrected chi connectivity index (χ3v) is 4.43. The number of carbonyl (C=O) groups is 1. The van der Waals surface area contributed by atoms with Gasteiger partial charge in [-0.05, 0) is 48.9 Å². The highest BCUT2D eigenvalue weighted by Gasteiger charge is 2.16. The number of nitrogens with zero attached hydrogens (tertiary/aromatic N) is 2. The fourth-order valence-corrected chi connectivity index (χ4v) is 2.94. The summed E-state index contributed by atoms with van der Waals surface area (Å²) in [5.41, 5.74) is 3.90. The molecule has 0 aliphatic carbocycles. The largest absolute Gasteiger partial charge is 0.434 e. The molecule has 4 rings (SSSR count). The highest BCUT2D eigenvalue weighted by molar-refractivity contribution is 6.34. The van der Waals surface area contributed by atoms with Crippen molar-refractivity contribution in [2.24, 2.45) is 0 Å². The Hall–Kier alpha value is -3.18. The molecular weight excluding hydrogens is 350 g/mol. The molecule has 0 radical (unpaired) electrons. The molecule has 2 heterocycles. The Bertz CT molecular complexity index is 1090. The summed E-state index contributed by atoms with van der Waals surface area (Å²) in [6.07, 6.45) is 1.67. The number of oxazole rings is 1. The van der Waals surface area contributed by atoms with Gasteiger partial charge in [-0.25, -0.2) is 4.98 Å². The minimum absolute atomic E-state index is 0.268. The molecule has 0 unspecified atom stereocenters. The zero-order valence-corrected chi connectivity index (χ0v) is 14.6. The molecule has 0 saturated heterocycles. The highest BCUT2D eigenvalue weighted by Crippen LogP contribution is 2.30. The average Bonchev–Trinajstić information content (AvgIpc) is 3.07. The van der Waals surface area contributed by atoms with Gasteiger partial charge in [0, 0.05) is 17.4 Å². The Morgan fingerprint density at radius 2 is 1.92 bits per heavy atom. The minimum atomic E-state index is -0.268. The number of carbonyl (C=O) groups excluding carboxylic acids is 1. The van der Waals surface area contributed by atoms with Crippen LogP contribution >= 0.6 is 11.6 Å². The molecule has 2 aromatic carbocycles. The zero-order chi connectivity index (χ0) is 18.1. The van der Waals surface area contributed by atoms with Crippen LogP contribution in [0, 0.1) is 6.92 Å². The molecule has 2 aromatic heterocycles. The van der Waals surface area contributed by atoms with Crippen molar-refractivity contribution < 1.29 is 9.21 Å². The Kier molecular flexibility index (Phi) is 4.14. The van der Waals surface area contributed by atoms with E-state index in [-0.39, 0.29) is 5.91 Å². The lowest BCUT2D eigenvalue weighted by Gasteiger charge is -2.11. The minimum Gasteiger partial charge on any atom is -0.434 e. The van der Waals surface area contributed by atoms with E-state index < -0.39 is 0 Å². The molecule has 26 heavy (non-hydrogen) atoms. The van der Waals surface area contributed by atoms with Gasteiger partial charge >= 0.3 is 0 Å². The molecule has 128 valence electrons. The number of nitrogens with one attached hydrogen (secondary N) is 1. The van der Waals surface area contributed by atoms with Crippen LogP contribution in [0.15, 0.2) is 65.2 Å². The second kappa shape index (κ2) is 6.61. The third kappa shape index (κ3) is 2.93. The van der Waals surface area contributed by atoms with Gasteiger partial charge in [0.15, 0.2) is 11.2 Å². The number of rotatable bonds is 3. The number of amides is 1. The number of fused-ring (bicyclic) bond motifs is 1. The first-order valence-electron chi connectivity index (χ1n) is 8.01. The molecule has 0 spiro atoms. The molecule has 1 N–H and O–H groups in total. The number of aromatic nitrogens is 2. The summed E-state index contributed by atoms with van der Waals surface area (Å²) in [6.45, 7) is 1.90. The summed E-state index contributed by atoms with van der Waals surface area (Å²) >= 11 is 6.10. The van der Waals surface area contributed by atoms with Crippen molar-refractivity contribution in [3.63, 3.8) is 0 Å². The van der Waals surface area contributed by atoms with Crippen LogP contribution in [-0.4, -0.2) is 15.9 Å². The average molecular weight is 364 g/mol. The molecule has 4 aromatic rings. The fourth-order valence-electron chi connectivity index (χ4n) is 2.72. The van der Waals surface area contributed by atoms with Crippen LogP contribution < -0.4 is 5.32 Å². The maximum atomic E-state index is 12.5. The second-order valence-corrected chi connectivity index (χ2v) is 6.16. The van der Waals surface area contributed by atoms with Gasteiger partial charge in [-0.15, -0.1) is 0 Å². The standard InChI is InChI=1S/C20H14ClN3O2/c1-12-13(20-24-18-17(26-20)10-5-11-22-18)7-4-9-16(12)23-19(25)14-6-2-3-8-15(14)21/h2-11H,1H3,(H,23,25). The maximum Gasteiger partial charge on any atom is 0.257 e. The Labute approximate surface area is 154 Å². The van der Waals surface area contributed by atoms with E-state index in [0.717, 1.165) is 11.1 Å². The van der Waals surface area contributed by atoms with Crippen molar-refractivity contribution >= 4 is 34.4 Å². The van der Waals surface area contributed by atoms with Gasteiger partial charge in [0.1, 0.15) is 0 Å². The predicted octanol–water partition coefficient (Wildman–Crippen LogP) is 5.10. The predicted molar refractivity (Wildman–Crippen MR) is 101 cm³/mol. The van der Waals surface area contributed by atoms with E-state index in [1.54, 1.807) is 36.5 Å². The van der Waals surface area contributed by atoms with Gasteiger partial charge in [0.25, 0.3) is 5.91 Å². The SMILES string of the molecule is Cc1c(NC(=O)c2ccccc2Cl)cccc1-c1nc2ncccc2o1. The van der Waals surface area contributed by atoms with Gasteiger partial charge in [0.05, 0.1) is 10.6 Å². The maximum absolute atomic E-state index is 12.5. The van der Waals surface area contributed by atoms with Crippen molar-refractivity contribution in [2.75, 3.05) is 5.32 Å². The van der Waals surface area contributed by atoms with Crippen molar-refractivity contribution in [3.05, 3.63) is 76.9 Å². The first kappa shape index (κ1) is 16.3. The smallest absolute Gasteiger partial charge is 0.257 e. The van der Waals surface area contributed by atoms with Crippen LogP contribution in [-0.2, 0) is 0 Å². The lowest BCUT2D eigenvalue weighted by Crippen LogP contribution is -2.13. The van der Waals surface area contributed by atoms with E-state index in [4.69, 9.17) is 16.0 Å². The van der Waals surface area contributed by atoms with E-state index in [2.05, 4.69) is 15.3 Å². The lowest BCUT2D eigenvalue weighted by molar-refractivity contribution is 0.102. The lowest BCUT2D eigenvalue weighted by atomic mass is 10.1. The van der Waals surface area contributed by atoms with Gasteiger partial charge < -0.3 is 9.73 Å². The van der Waals surface area contributed by atoms with Crippen molar-refractivity contribution in [1.29, 1.82) is 0 Å². The van der Waals surface area contributed by atoms with E-state index in [0.29, 0.717) is 33.4 Å². The van der Waals surface area contributed by atoms with E-state index >= 15 is 0 Å². The number of benzene rings is 2. The quantitative estimate of drug-likeness (QED) is 0.549. The van der Waals surface area contributed by atoms with E-state index in [1.807, 2.05) is 31.2 Å². The van der Waals surface area contributed by atoms with Crippen LogP contribution in [0.3, 0.4) is 0 Å². The Morgan fingerprint density at radius 3 is 2.73 bits per heavy atom. The number of hydrogen-bond donors (Lipinski definition) is 1. The highest BCUT2D eigenvalue weighted by atomic mass is 35.5. The van der Waals surface area contributed by atoms with E-state index in [9.17, 15) is 4.79 Å². The Morgan fingerprint density at radius 1 is 1.08 bits per heavy atom. The summed E-state index contributed by atoms with van der Waals surface area (Å²) in [5, 5.41) is 3.31. The first-order chi connectivity index (χ1) is 12.6. The van der Waals surface area contributed by atoms with E-state index in [1.165, 1.54) is 0 Å². The van der Waals surface area contributed by atoms with Gasteiger partial charge in [0.2, 0.25) is 5.89 Å². The number of pyridine rings is 1. The summed E-state index contributed by atoms with van der Waals surface area (Å²) in [6, 6.07) is 16.1. The molecule has 1 amide bonds. The molecule has 6 heteroatoms. The molecule has 0 fully saturated rings. The Balaban J connectivity index is 1.70. The summed E-state index contributed by atoms with van der Waals surface area (Å²) in [4.78, 5) is 21.1. The third-order valence-electron chi connectivity index (χ3n) is 4.10. The molecule has 0 aliphatic heterocycles. The normalized spacial score (nSPS) is 10.8. The van der Waals surface area contributed by atoms with Crippen LogP contribution in [0.5, 0.6) is 0 Å². The molecule has 5 nitrogen and oxygen atoms in total. The van der Waals surface area contributed by atoms with Gasteiger partial charge in [-0.1, -0.05) is 29.8 Å². The number of halogens is 1. The molecule has 0 atom stereocenters. The molecule has 0 aliphatic rings. The fraction of sp³-hybridized carbons (Fsp3) is 0.0500. The summed E-state index contributed by atoms with van der Waals surface area (Å²) in [5.74, 6) is 0.195. The van der Waals surface area contributed by atoms with Crippen LogP contribution in [0.1, 0.15) is 15.9 Å². The monoisotopic (exact) mass is 363 g/mol. The van der Waals surface area contributed by atoms with Crippen molar-refractivity contribution in [3.8, 4) is 11.5 Å². The van der Waals surface area contributed by atoms with Crippen LogP contribution in [0.2, 0.25) is 5.02 Å². The first-order valence-corrected chi connectivity index (χ1v) is 8.39. The molecule has 0 bridgehead atoms. The molecular formula is C20H14ClN3O2.